The van der Waals surface area contributed by atoms with Crippen LogP contribution in [0.25, 0.3) is 0 Å². The second kappa shape index (κ2) is 3.11. The molecule has 1 aliphatic carbocycles. The average molecular weight is 156 g/mol. The number of rotatable bonds is 1. The summed E-state index contributed by atoms with van der Waals surface area (Å²) < 4.78 is 0. The van der Waals surface area contributed by atoms with Gasteiger partial charge in [-0.15, -0.1) is 0 Å². The molecule has 3 nitrogen and oxygen atoms in total. The van der Waals surface area contributed by atoms with Gasteiger partial charge in [-0.1, -0.05) is 12.8 Å². The van der Waals surface area contributed by atoms with Crippen LogP contribution in [-0.4, -0.2) is 18.6 Å². The lowest BCUT2D eigenvalue weighted by Crippen LogP contribution is -2.47. The van der Waals surface area contributed by atoms with E-state index in [0.717, 1.165) is 12.8 Å². The van der Waals surface area contributed by atoms with Gasteiger partial charge in [-0.2, -0.15) is 0 Å². The van der Waals surface area contributed by atoms with Gasteiger partial charge in [-0.25, -0.2) is 4.79 Å². The SMILES string of the molecule is CNC(=O)NC1(C)CCCC1. The Kier molecular flexibility index (Phi) is 2.37. The van der Waals surface area contributed by atoms with Crippen molar-refractivity contribution in [2.45, 2.75) is 38.1 Å². The third-order valence-corrected chi connectivity index (χ3v) is 2.35. The predicted molar refractivity (Wildman–Crippen MR) is 44.5 cm³/mol. The first-order valence-corrected chi connectivity index (χ1v) is 4.16. The van der Waals surface area contributed by atoms with Gasteiger partial charge in [0.1, 0.15) is 0 Å². The molecule has 0 aromatic rings. The van der Waals surface area contributed by atoms with Gasteiger partial charge < -0.3 is 10.6 Å². The fourth-order valence-electron chi connectivity index (χ4n) is 1.62. The minimum absolute atomic E-state index is 0.0556. The number of nitrogens with one attached hydrogen (secondary N) is 2. The lowest BCUT2D eigenvalue weighted by Gasteiger charge is -2.24. The summed E-state index contributed by atoms with van der Waals surface area (Å²) in [5.41, 5.74) is 0.0556. The van der Waals surface area contributed by atoms with E-state index in [4.69, 9.17) is 0 Å². The number of hydrogen-bond acceptors (Lipinski definition) is 1. The molecular weight excluding hydrogens is 140 g/mol. The van der Waals surface area contributed by atoms with E-state index in [9.17, 15) is 4.79 Å². The fourth-order valence-corrected chi connectivity index (χ4v) is 1.62. The lowest BCUT2D eigenvalue weighted by atomic mass is 10.0. The molecule has 2 N–H and O–H groups in total. The van der Waals surface area contributed by atoms with Crippen LogP contribution in [0.1, 0.15) is 32.6 Å². The number of carbonyl (C=O) groups is 1. The monoisotopic (exact) mass is 156 g/mol. The van der Waals surface area contributed by atoms with E-state index in [2.05, 4.69) is 17.6 Å². The summed E-state index contributed by atoms with van der Waals surface area (Å²) >= 11 is 0. The van der Waals surface area contributed by atoms with Crippen LogP contribution in [0.3, 0.4) is 0 Å². The summed E-state index contributed by atoms with van der Waals surface area (Å²) in [6, 6.07) is -0.0607. The Hall–Kier alpha value is -0.730. The Balaban J connectivity index is 2.39. The second-order valence-electron chi connectivity index (χ2n) is 3.47. The van der Waals surface area contributed by atoms with Crippen molar-refractivity contribution < 1.29 is 4.79 Å². The molecule has 1 rings (SSSR count). The van der Waals surface area contributed by atoms with E-state index in [1.54, 1.807) is 7.05 Å². The van der Waals surface area contributed by atoms with Gasteiger partial charge in [0.05, 0.1) is 0 Å². The molecule has 1 aliphatic rings. The Morgan fingerprint density at radius 2 is 1.91 bits per heavy atom. The molecule has 1 fully saturated rings. The van der Waals surface area contributed by atoms with Crippen molar-refractivity contribution in [3.05, 3.63) is 0 Å². The Morgan fingerprint density at radius 3 is 2.36 bits per heavy atom. The van der Waals surface area contributed by atoms with Gasteiger partial charge in [0.2, 0.25) is 0 Å². The van der Waals surface area contributed by atoms with Crippen LogP contribution >= 0.6 is 0 Å². The van der Waals surface area contributed by atoms with Crippen molar-refractivity contribution in [3.8, 4) is 0 Å². The molecular formula is C8H16N2O. The smallest absolute Gasteiger partial charge is 0.314 e. The number of hydrogen-bond donors (Lipinski definition) is 2. The maximum atomic E-state index is 11.0. The van der Waals surface area contributed by atoms with E-state index in [0.29, 0.717) is 0 Å². The molecule has 0 radical (unpaired) electrons. The molecule has 0 aromatic carbocycles. The molecule has 0 heterocycles. The van der Waals surface area contributed by atoms with E-state index >= 15 is 0 Å². The average Bonchev–Trinajstić information content (AvgIpc) is 2.36. The van der Waals surface area contributed by atoms with E-state index in [1.807, 2.05) is 0 Å². The molecule has 64 valence electrons. The fraction of sp³-hybridized carbons (Fsp3) is 0.875. The molecule has 0 aliphatic heterocycles. The first kappa shape index (κ1) is 8.37. The van der Waals surface area contributed by atoms with Crippen LogP contribution in [-0.2, 0) is 0 Å². The molecule has 1 saturated carbocycles. The standard InChI is InChI=1S/C8H16N2O/c1-8(5-3-4-6-8)10-7(11)9-2/h3-6H2,1-2H3,(H2,9,10,11). The van der Waals surface area contributed by atoms with Gasteiger partial charge in [-0.05, 0) is 19.8 Å². The zero-order valence-corrected chi connectivity index (χ0v) is 7.24. The summed E-state index contributed by atoms with van der Waals surface area (Å²) in [5.74, 6) is 0. The molecule has 0 unspecified atom stereocenters. The third kappa shape index (κ3) is 2.10. The first-order chi connectivity index (χ1) is 5.16. The van der Waals surface area contributed by atoms with E-state index < -0.39 is 0 Å². The van der Waals surface area contributed by atoms with Crippen LogP contribution in [0.15, 0.2) is 0 Å². The van der Waals surface area contributed by atoms with Crippen LogP contribution in [0.5, 0.6) is 0 Å². The highest BCUT2D eigenvalue weighted by molar-refractivity contribution is 5.74. The Morgan fingerprint density at radius 1 is 1.36 bits per heavy atom. The van der Waals surface area contributed by atoms with E-state index in [1.165, 1.54) is 12.8 Å². The second-order valence-corrected chi connectivity index (χ2v) is 3.47. The van der Waals surface area contributed by atoms with Gasteiger partial charge in [0.25, 0.3) is 0 Å². The lowest BCUT2D eigenvalue weighted by molar-refractivity contribution is 0.230. The normalized spacial score (nSPS) is 21.3. The van der Waals surface area contributed by atoms with E-state index in [-0.39, 0.29) is 11.6 Å². The van der Waals surface area contributed by atoms with Crippen LogP contribution < -0.4 is 10.6 Å². The Bertz CT molecular complexity index is 150. The van der Waals surface area contributed by atoms with Crippen molar-refractivity contribution in [1.82, 2.24) is 10.6 Å². The topological polar surface area (TPSA) is 41.1 Å². The van der Waals surface area contributed by atoms with Gasteiger partial charge in [0, 0.05) is 12.6 Å². The Labute approximate surface area is 67.5 Å². The van der Waals surface area contributed by atoms with Crippen molar-refractivity contribution in [2.75, 3.05) is 7.05 Å². The van der Waals surface area contributed by atoms with Crippen LogP contribution in [0.4, 0.5) is 4.79 Å². The predicted octanol–water partition coefficient (Wildman–Crippen LogP) is 1.25. The summed E-state index contributed by atoms with van der Waals surface area (Å²) in [7, 11) is 1.65. The molecule has 3 heteroatoms. The zero-order chi connectivity index (χ0) is 8.32. The highest BCUT2D eigenvalue weighted by Gasteiger charge is 2.29. The summed E-state index contributed by atoms with van der Waals surface area (Å²) in [4.78, 5) is 11.0. The molecule has 2 amide bonds. The van der Waals surface area contributed by atoms with Crippen molar-refractivity contribution in [3.63, 3.8) is 0 Å². The minimum atomic E-state index is -0.0607. The highest BCUT2D eigenvalue weighted by atomic mass is 16.2. The molecule has 0 spiro atoms. The summed E-state index contributed by atoms with van der Waals surface area (Å²) in [6.45, 7) is 2.11. The molecule has 0 atom stereocenters. The number of amides is 2. The van der Waals surface area contributed by atoms with Gasteiger partial charge in [-0.3, -0.25) is 0 Å². The minimum Gasteiger partial charge on any atom is -0.341 e. The quantitative estimate of drug-likeness (QED) is 0.589. The summed E-state index contributed by atoms with van der Waals surface area (Å²) in [6.07, 6.45) is 4.70. The number of carbonyl (C=O) groups excluding carboxylic acids is 1. The van der Waals surface area contributed by atoms with Crippen molar-refractivity contribution >= 4 is 6.03 Å². The maximum Gasteiger partial charge on any atom is 0.314 e. The van der Waals surface area contributed by atoms with Gasteiger partial charge >= 0.3 is 6.03 Å². The third-order valence-electron chi connectivity index (χ3n) is 2.35. The molecule has 0 saturated heterocycles. The molecule has 11 heavy (non-hydrogen) atoms. The highest BCUT2D eigenvalue weighted by Crippen LogP contribution is 2.28. The van der Waals surface area contributed by atoms with Crippen molar-refractivity contribution in [1.29, 1.82) is 0 Å². The largest absolute Gasteiger partial charge is 0.341 e. The van der Waals surface area contributed by atoms with Crippen LogP contribution in [0, 0.1) is 0 Å². The first-order valence-electron chi connectivity index (χ1n) is 4.16. The number of urea groups is 1. The van der Waals surface area contributed by atoms with Gasteiger partial charge in [0.15, 0.2) is 0 Å². The maximum absolute atomic E-state index is 11.0. The molecule has 0 bridgehead atoms. The van der Waals surface area contributed by atoms with Crippen molar-refractivity contribution in [2.24, 2.45) is 0 Å². The van der Waals surface area contributed by atoms with Crippen LogP contribution in [0.2, 0.25) is 0 Å². The zero-order valence-electron chi connectivity index (χ0n) is 7.24. The summed E-state index contributed by atoms with van der Waals surface area (Å²) in [5, 5.41) is 5.52. The molecule has 0 aromatic heterocycles.